The van der Waals surface area contributed by atoms with Crippen LogP contribution in [0, 0.1) is 5.92 Å². The van der Waals surface area contributed by atoms with Crippen LogP contribution in [0.25, 0.3) is 11.3 Å². The molecule has 0 atom stereocenters. The van der Waals surface area contributed by atoms with E-state index in [-0.39, 0.29) is 4.90 Å². The molecule has 1 aliphatic rings. The normalized spacial score (nSPS) is 15.2. The van der Waals surface area contributed by atoms with Crippen LogP contribution < -0.4 is 9.62 Å². The lowest BCUT2D eigenvalue weighted by molar-refractivity contribution is 0.436. The Morgan fingerprint density at radius 2 is 1.73 bits per heavy atom. The second-order valence-corrected chi connectivity index (χ2v) is 9.71. The average Bonchev–Trinajstić information content (AvgIpc) is 2.75. The molecule has 156 valence electrons. The lowest BCUT2D eigenvalue weighted by Crippen LogP contribution is -2.33. The lowest BCUT2D eigenvalue weighted by Gasteiger charge is -2.30. The molecule has 4 rings (SSSR count). The molecule has 0 aliphatic carbocycles. The van der Waals surface area contributed by atoms with E-state index in [0.717, 1.165) is 30.4 Å². The first-order valence-electron chi connectivity index (χ1n) is 9.88. The maximum Gasteiger partial charge on any atom is 0.261 e. The van der Waals surface area contributed by atoms with Crippen LogP contribution in [0.5, 0.6) is 0 Å². The highest BCUT2D eigenvalue weighted by Gasteiger charge is 2.18. The number of nitrogens with one attached hydrogen (secondary N) is 1. The van der Waals surface area contributed by atoms with Crippen LogP contribution in [-0.2, 0) is 10.0 Å². The number of hydrogen-bond acceptors (Lipinski definition) is 5. The van der Waals surface area contributed by atoms with Crippen molar-refractivity contribution >= 4 is 33.1 Å². The molecule has 0 bridgehead atoms. The summed E-state index contributed by atoms with van der Waals surface area (Å²) in [6.45, 7) is 4.27. The Labute approximate surface area is 182 Å². The van der Waals surface area contributed by atoms with Gasteiger partial charge in [0, 0.05) is 29.4 Å². The number of nitrogens with zero attached hydrogens (tertiary/aromatic N) is 3. The Bertz CT molecular complexity index is 1110. The molecule has 0 radical (unpaired) electrons. The molecule has 0 spiro atoms. The Hall–Kier alpha value is -2.64. The molecule has 0 saturated carbocycles. The van der Waals surface area contributed by atoms with Gasteiger partial charge >= 0.3 is 0 Å². The first-order valence-corrected chi connectivity index (χ1v) is 11.7. The minimum absolute atomic E-state index is 0.150. The largest absolute Gasteiger partial charge is 0.355 e. The van der Waals surface area contributed by atoms with Crippen molar-refractivity contribution in [2.24, 2.45) is 5.92 Å². The second-order valence-electron chi connectivity index (χ2n) is 7.59. The number of piperidine rings is 1. The van der Waals surface area contributed by atoms with Gasteiger partial charge in [0.05, 0.1) is 10.6 Å². The molecule has 1 fully saturated rings. The van der Waals surface area contributed by atoms with E-state index in [2.05, 4.69) is 26.7 Å². The van der Waals surface area contributed by atoms with Crippen LogP contribution in [0.4, 0.5) is 11.5 Å². The van der Waals surface area contributed by atoms with Crippen LogP contribution in [0.3, 0.4) is 0 Å². The van der Waals surface area contributed by atoms with Crippen molar-refractivity contribution in [2.75, 3.05) is 22.7 Å². The standard InChI is InChI=1S/C22H23ClN4O2S/c1-16-11-13-27(14-12-16)22-10-9-21(24-25-22)17-3-2-4-19(15-17)26-30(28,29)20-7-5-18(23)6-8-20/h2-10,15-16,26H,11-14H2,1H3. The minimum Gasteiger partial charge on any atom is -0.355 e. The monoisotopic (exact) mass is 442 g/mol. The maximum atomic E-state index is 12.6. The first-order chi connectivity index (χ1) is 14.4. The van der Waals surface area contributed by atoms with Crippen LogP contribution in [0.1, 0.15) is 19.8 Å². The highest BCUT2D eigenvalue weighted by molar-refractivity contribution is 7.92. The Kier molecular flexibility index (Phi) is 5.92. The summed E-state index contributed by atoms with van der Waals surface area (Å²) in [6, 6.07) is 17.1. The molecular weight excluding hydrogens is 420 g/mol. The molecular formula is C22H23ClN4O2S. The third-order valence-electron chi connectivity index (χ3n) is 5.29. The zero-order valence-electron chi connectivity index (χ0n) is 16.6. The van der Waals surface area contributed by atoms with E-state index in [1.165, 1.54) is 25.0 Å². The van der Waals surface area contributed by atoms with Gasteiger partial charge in [0.1, 0.15) is 0 Å². The molecule has 8 heteroatoms. The van der Waals surface area contributed by atoms with Gasteiger partial charge in [0.25, 0.3) is 10.0 Å². The van der Waals surface area contributed by atoms with E-state index in [1.807, 2.05) is 18.2 Å². The smallest absolute Gasteiger partial charge is 0.261 e. The maximum absolute atomic E-state index is 12.6. The molecule has 1 N–H and O–H groups in total. The van der Waals surface area contributed by atoms with E-state index >= 15 is 0 Å². The molecule has 0 amide bonds. The summed E-state index contributed by atoms with van der Waals surface area (Å²) in [6.07, 6.45) is 2.33. The Balaban J connectivity index is 1.51. The van der Waals surface area contributed by atoms with Crippen molar-refractivity contribution in [3.63, 3.8) is 0 Å². The van der Waals surface area contributed by atoms with Crippen LogP contribution in [-0.4, -0.2) is 31.7 Å². The van der Waals surface area contributed by atoms with Gasteiger partial charge in [0.15, 0.2) is 5.82 Å². The van der Waals surface area contributed by atoms with Crippen LogP contribution in [0.2, 0.25) is 5.02 Å². The van der Waals surface area contributed by atoms with Gasteiger partial charge in [0.2, 0.25) is 0 Å². The van der Waals surface area contributed by atoms with Crippen LogP contribution in [0.15, 0.2) is 65.6 Å². The summed E-state index contributed by atoms with van der Waals surface area (Å²) in [7, 11) is -3.71. The molecule has 1 aliphatic heterocycles. The molecule has 6 nitrogen and oxygen atoms in total. The molecule has 30 heavy (non-hydrogen) atoms. The lowest BCUT2D eigenvalue weighted by atomic mass is 9.99. The van der Waals surface area contributed by atoms with Crippen molar-refractivity contribution < 1.29 is 8.42 Å². The Morgan fingerprint density at radius 3 is 2.40 bits per heavy atom. The van der Waals surface area contributed by atoms with Gasteiger partial charge in [-0.1, -0.05) is 30.7 Å². The van der Waals surface area contributed by atoms with Crippen molar-refractivity contribution in [1.29, 1.82) is 0 Å². The van der Waals surface area contributed by atoms with Gasteiger partial charge in [-0.15, -0.1) is 10.2 Å². The third kappa shape index (κ3) is 4.74. The van der Waals surface area contributed by atoms with Crippen molar-refractivity contribution in [2.45, 2.75) is 24.7 Å². The number of hydrogen-bond donors (Lipinski definition) is 1. The zero-order chi connectivity index (χ0) is 21.1. The Morgan fingerprint density at radius 1 is 1.00 bits per heavy atom. The minimum atomic E-state index is -3.71. The summed E-state index contributed by atoms with van der Waals surface area (Å²) >= 11 is 5.85. The number of sulfonamides is 1. The fourth-order valence-corrected chi connectivity index (χ4v) is 4.63. The summed E-state index contributed by atoms with van der Waals surface area (Å²) in [5, 5.41) is 9.24. The van der Waals surface area contributed by atoms with Gasteiger partial charge < -0.3 is 4.90 Å². The molecule has 2 aromatic carbocycles. The number of anilines is 2. The predicted molar refractivity (Wildman–Crippen MR) is 120 cm³/mol. The fourth-order valence-electron chi connectivity index (χ4n) is 3.46. The number of halogens is 1. The summed E-state index contributed by atoms with van der Waals surface area (Å²) in [5.41, 5.74) is 1.94. The van der Waals surface area contributed by atoms with Crippen LogP contribution >= 0.6 is 11.6 Å². The molecule has 3 aromatic rings. The predicted octanol–water partition coefficient (Wildman–Crippen LogP) is 4.83. The SMILES string of the molecule is CC1CCN(c2ccc(-c3cccc(NS(=O)(=O)c4ccc(Cl)cc4)c3)nn2)CC1. The van der Waals surface area contributed by atoms with E-state index in [4.69, 9.17) is 11.6 Å². The zero-order valence-corrected chi connectivity index (χ0v) is 18.2. The van der Waals surface area contributed by atoms with Crippen molar-refractivity contribution in [3.8, 4) is 11.3 Å². The van der Waals surface area contributed by atoms with Crippen molar-refractivity contribution in [3.05, 3.63) is 65.7 Å². The topological polar surface area (TPSA) is 75.2 Å². The highest BCUT2D eigenvalue weighted by atomic mass is 35.5. The summed E-state index contributed by atoms with van der Waals surface area (Å²) in [5.74, 6) is 1.64. The third-order valence-corrected chi connectivity index (χ3v) is 6.94. The number of benzene rings is 2. The van der Waals surface area contributed by atoms with Gasteiger partial charge in [-0.25, -0.2) is 8.42 Å². The molecule has 2 heterocycles. The summed E-state index contributed by atoms with van der Waals surface area (Å²) in [4.78, 5) is 2.41. The second kappa shape index (κ2) is 8.62. The van der Waals surface area contributed by atoms with E-state index < -0.39 is 10.0 Å². The van der Waals surface area contributed by atoms with Gasteiger partial charge in [-0.3, -0.25) is 4.72 Å². The molecule has 0 unspecified atom stereocenters. The van der Waals surface area contributed by atoms with Gasteiger partial charge in [-0.05, 0) is 67.3 Å². The van der Waals surface area contributed by atoms with E-state index in [1.54, 1.807) is 30.3 Å². The number of aromatic nitrogens is 2. The number of rotatable bonds is 5. The first kappa shape index (κ1) is 20.6. The highest BCUT2D eigenvalue weighted by Crippen LogP contribution is 2.25. The van der Waals surface area contributed by atoms with Crippen molar-refractivity contribution in [1.82, 2.24) is 10.2 Å². The molecule has 1 aromatic heterocycles. The van der Waals surface area contributed by atoms with Gasteiger partial charge in [-0.2, -0.15) is 0 Å². The fraction of sp³-hybridized carbons (Fsp3) is 0.273. The van der Waals surface area contributed by atoms with E-state index in [9.17, 15) is 8.42 Å². The van der Waals surface area contributed by atoms with E-state index in [0.29, 0.717) is 16.4 Å². The quantitative estimate of drug-likeness (QED) is 0.612. The molecule has 1 saturated heterocycles. The average molecular weight is 443 g/mol. The summed E-state index contributed by atoms with van der Waals surface area (Å²) < 4.78 is 27.8.